The zero-order valence-electron chi connectivity index (χ0n) is 40.3. The molecule has 2 aromatic heterocycles. The van der Waals surface area contributed by atoms with Crippen LogP contribution in [-0.4, -0.2) is 89.3 Å². The van der Waals surface area contributed by atoms with E-state index >= 15 is 0 Å². The summed E-state index contributed by atoms with van der Waals surface area (Å²) in [7, 11) is 1.61. The third-order valence-electron chi connectivity index (χ3n) is 13.2. The highest BCUT2D eigenvalue weighted by molar-refractivity contribution is 7.86. The Morgan fingerprint density at radius 2 is 1.45 bits per heavy atom. The Morgan fingerprint density at radius 1 is 0.803 bits per heavy atom. The largest absolute Gasteiger partial charge is 0.493 e. The number of ether oxygens (including phenoxy) is 2. The van der Waals surface area contributed by atoms with Gasteiger partial charge in [0.2, 0.25) is 0 Å². The van der Waals surface area contributed by atoms with E-state index in [1.54, 1.807) is 14.1 Å². The number of fused-ring (bicyclic) bond motifs is 2. The van der Waals surface area contributed by atoms with Crippen molar-refractivity contribution in [3.63, 3.8) is 0 Å². The van der Waals surface area contributed by atoms with E-state index in [-0.39, 0.29) is 6.61 Å². The number of carbonyl (C=O) groups is 1. The molecule has 0 spiro atoms. The normalized spacial score (nSPS) is 13.9. The van der Waals surface area contributed by atoms with E-state index in [1.165, 1.54) is 8.61 Å². The molecule has 0 radical (unpaired) electrons. The summed E-state index contributed by atoms with van der Waals surface area (Å²) >= 11 is 0. The monoisotopic (exact) mass is 919 g/mol. The van der Waals surface area contributed by atoms with Gasteiger partial charge in [0.25, 0.3) is 10.2 Å². The average Bonchev–Trinajstić information content (AvgIpc) is 3.78. The van der Waals surface area contributed by atoms with Crippen LogP contribution >= 0.6 is 0 Å². The lowest BCUT2D eigenvalue weighted by molar-refractivity contribution is 0.0683. The summed E-state index contributed by atoms with van der Waals surface area (Å²) < 4.78 is 45.0. The predicted octanol–water partition coefficient (Wildman–Crippen LogP) is 10.6. The molecule has 0 atom stereocenters. The van der Waals surface area contributed by atoms with E-state index in [0.29, 0.717) is 81.4 Å². The number of para-hydroxylation sites is 1. The number of hydrogen-bond donors (Lipinski definition) is 1. The van der Waals surface area contributed by atoms with Gasteiger partial charge in [0.15, 0.2) is 0 Å². The Bertz CT molecular complexity index is 2680. The first-order valence-corrected chi connectivity index (χ1v) is 25.2. The Hall–Kier alpha value is -5.37. The van der Waals surface area contributed by atoms with Crippen LogP contribution in [0.4, 0.5) is 5.69 Å². The SMILES string of the molecule is Cc1nn(C)c(COc2ccc(N3CCN(S(=O)(=O)N(C)C)CC3)cc2)c1-c1cccc2c(CCCOc3cccc4ccccc34)c(C(=O)O)n(CCC(CCC(C)C)CCC(C)C)c12. The van der Waals surface area contributed by atoms with Gasteiger partial charge < -0.3 is 24.0 Å². The molecule has 1 aliphatic heterocycles. The smallest absolute Gasteiger partial charge is 0.352 e. The van der Waals surface area contributed by atoms with Crippen LogP contribution in [0.3, 0.4) is 0 Å². The Kier molecular flexibility index (Phi) is 15.8. The highest BCUT2D eigenvalue weighted by Crippen LogP contribution is 2.39. The topological polar surface area (TPSA) is 122 Å². The molecule has 0 unspecified atom stereocenters. The molecule has 7 rings (SSSR count). The maximum atomic E-state index is 13.6. The first kappa shape index (κ1) is 48.6. The standard InChI is InChI=1S/C53H70N6O6S/c1-37(2)21-23-40(24-22-38(3)4)29-30-59-51-45(46(52(59)53(60)61)19-13-35-64-49-20-11-15-41-14-9-10-16-44(41)49)17-12-18-47(51)50-39(5)54-56(8)48(50)36-65-43-27-25-42(26-28-43)57-31-33-58(34-32-57)66(62,63)55(6)7/h9-12,14-18,20,25-28,37-38,40H,13,19,21-24,29-36H2,1-8H3,(H,60,61). The van der Waals surface area contributed by atoms with Crippen LogP contribution in [0.1, 0.15) is 93.7 Å². The molecular formula is C53H70N6O6S. The van der Waals surface area contributed by atoms with Crippen LogP contribution in [-0.2, 0) is 36.8 Å². The molecule has 0 aliphatic carbocycles. The minimum absolute atomic E-state index is 0.251. The molecule has 0 saturated carbocycles. The van der Waals surface area contributed by atoms with E-state index in [0.717, 1.165) is 93.3 Å². The van der Waals surface area contributed by atoms with Crippen molar-refractivity contribution in [1.29, 1.82) is 0 Å². The molecule has 0 bridgehead atoms. The third kappa shape index (κ3) is 11.1. The van der Waals surface area contributed by atoms with Crippen LogP contribution in [0.2, 0.25) is 0 Å². The average molecular weight is 919 g/mol. The summed E-state index contributed by atoms with van der Waals surface area (Å²) in [6.45, 7) is 14.5. The number of carboxylic acids is 1. The number of nitrogens with zero attached hydrogens (tertiary/aromatic N) is 6. The summed E-state index contributed by atoms with van der Waals surface area (Å²) in [5.41, 5.74) is 6.75. The van der Waals surface area contributed by atoms with Gasteiger partial charge in [-0.3, -0.25) is 4.68 Å². The van der Waals surface area contributed by atoms with Crippen LogP contribution in [0.15, 0.2) is 84.9 Å². The van der Waals surface area contributed by atoms with Crippen LogP contribution in [0.5, 0.6) is 11.5 Å². The Morgan fingerprint density at radius 3 is 2.12 bits per heavy atom. The fourth-order valence-corrected chi connectivity index (χ4v) is 10.7. The fraction of sp³-hybridized carbons (Fsp3) is 0.472. The van der Waals surface area contributed by atoms with Crippen molar-refractivity contribution in [2.75, 3.05) is 51.8 Å². The van der Waals surface area contributed by atoms with Crippen molar-refractivity contribution in [3.05, 3.63) is 108 Å². The number of hydrogen-bond acceptors (Lipinski definition) is 7. The maximum absolute atomic E-state index is 13.6. The Balaban J connectivity index is 1.18. The number of benzene rings is 4. The third-order valence-corrected chi connectivity index (χ3v) is 15.2. The molecule has 6 aromatic rings. The van der Waals surface area contributed by atoms with Gasteiger partial charge in [-0.2, -0.15) is 22.1 Å². The molecule has 12 nitrogen and oxygen atoms in total. The van der Waals surface area contributed by atoms with E-state index in [9.17, 15) is 18.3 Å². The molecule has 66 heavy (non-hydrogen) atoms. The molecule has 4 aromatic carbocycles. The van der Waals surface area contributed by atoms with Crippen LogP contribution < -0.4 is 14.4 Å². The van der Waals surface area contributed by atoms with Gasteiger partial charge in [-0.15, -0.1) is 0 Å². The number of aromatic carboxylic acids is 1. The predicted molar refractivity (Wildman–Crippen MR) is 267 cm³/mol. The lowest BCUT2D eigenvalue weighted by Crippen LogP contribution is -2.51. The summed E-state index contributed by atoms with van der Waals surface area (Å²) in [5.74, 6) is 2.31. The highest BCUT2D eigenvalue weighted by atomic mass is 32.2. The number of carboxylic acid groups (broad SMARTS) is 1. The summed E-state index contributed by atoms with van der Waals surface area (Å²) in [6, 6.07) is 28.5. The van der Waals surface area contributed by atoms with Crippen molar-refractivity contribution in [3.8, 4) is 22.6 Å². The molecule has 354 valence electrons. The number of aromatic nitrogens is 3. The van der Waals surface area contributed by atoms with E-state index < -0.39 is 16.2 Å². The second kappa shape index (κ2) is 21.5. The molecule has 1 N–H and O–H groups in total. The molecule has 3 heterocycles. The minimum atomic E-state index is -3.45. The highest BCUT2D eigenvalue weighted by Gasteiger charge is 2.30. The minimum Gasteiger partial charge on any atom is -0.493 e. The van der Waals surface area contributed by atoms with Gasteiger partial charge in [0, 0.05) is 81.5 Å². The van der Waals surface area contributed by atoms with Crippen molar-refractivity contribution in [2.45, 2.75) is 92.7 Å². The molecular weight excluding hydrogens is 849 g/mol. The summed E-state index contributed by atoms with van der Waals surface area (Å²) in [6.07, 6.45) is 6.64. The van der Waals surface area contributed by atoms with E-state index in [2.05, 4.69) is 67.5 Å². The lowest BCUT2D eigenvalue weighted by atomic mass is 9.89. The van der Waals surface area contributed by atoms with Gasteiger partial charge in [0.05, 0.1) is 23.5 Å². The van der Waals surface area contributed by atoms with Gasteiger partial charge in [0.1, 0.15) is 23.8 Å². The van der Waals surface area contributed by atoms with Crippen molar-refractivity contribution < 1.29 is 27.8 Å². The quantitative estimate of drug-likeness (QED) is 0.0668. The van der Waals surface area contributed by atoms with Crippen molar-refractivity contribution in [1.82, 2.24) is 23.0 Å². The van der Waals surface area contributed by atoms with Crippen molar-refractivity contribution in [2.24, 2.45) is 24.8 Å². The fourth-order valence-electron chi connectivity index (χ4n) is 9.57. The van der Waals surface area contributed by atoms with Crippen LogP contribution in [0.25, 0.3) is 32.8 Å². The lowest BCUT2D eigenvalue weighted by Gasteiger charge is -2.36. The maximum Gasteiger partial charge on any atom is 0.352 e. The molecule has 1 saturated heterocycles. The number of aryl methyl sites for hydroxylation is 4. The first-order chi connectivity index (χ1) is 31.6. The van der Waals surface area contributed by atoms with Gasteiger partial charge in [-0.1, -0.05) is 108 Å². The molecule has 1 fully saturated rings. The van der Waals surface area contributed by atoms with Gasteiger partial charge >= 0.3 is 5.97 Å². The molecule has 0 amide bonds. The Labute approximate surface area is 392 Å². The molecule has 13 heteroatoms. The number of anilines is 1. The first-order valence-electron chi connectivity index (χ1n) is 23.8. The number of rotatable bonds is 22. The molecule has 1 aliphatic rings. The van der Waals surface area contributed by atoms with Crippen molar-refractivity contribution >= 4 is 43.5 Å². The zero-order chi connectivity index (χ0) is 47.1. The number of piperazine rings is 1. The van der Waals surface area contributed by atoms with E-state index in [1.807, 2.05) is 73.3 Å². The van der Waals surface area contributed by atoms with Gasteiger partial charge in [-0.25, -0.2) is 4.79 Å². The summed E-state index contributed by atoms with van der Waals surface area (Å²) in [5, 5.41) is 19.2. The second-order valence-electron chi connectivity index (χ2n) is 19.0. The van der Waals surface area contributed by atoms with Crippen LogP contribution in [0, 0.1) is 24.7 Å². The zero-order valence-corrected chi connectivity index (χ0v) is 41.1. The second-order valence-corrected chi connectivity index (χ2v) is 21.1. The van der Waals surface area contributed by atoms with E-state index in [4.69, 9.17) is 14.6 Å². The summed E-state index contributed by atoms with van der Waals surface area (Å²) in [4.78, 5) is 15.8. The van der Waals surface area contributed by atoms with Gasteiger partial charge in [-0.05, 0) is 85.2 Å².